The molecule has 0 aromatic carbocycles. The van der Waals surface area contributed by atoms with Gasteiger partial charge in [0.15, 0.2) is 5.82 Å². The van der Waals surface area contributed by atoms with E-state index in [1.165, 1.54) is 30.1 Å². The first-order chi connectivity index (χ1) is 9.44. The molecule has 114 valence electrons. The molecule has 0 spiro atoms. The first-order valence-corrected chi connectivity index (χ1v) is 8.77. The van der Waals surface area contributed by atoms with Crippen LogP contribution >= 0.6 is 0 Å². The molecule has 3 N–H and O–H groups in total. The van der Waals surface area contributed by atoms with Gasteiger partial charge in [-0.2, -0.15) is 5.10 Å². The fourth-order valence-electron chi connectivity index (χ4n) is 2.83. The van der Waals surface area contributed by atoms with Crippen molar-refractivity contribution >= 4 is 15.8 Å². The van der Waals surface area contributed by atoms with Crippen LogP contribution in [0.1, 0.15) is 46.0 Å². The standard InChI is InChI=1S/C13H24N4O2S/c1-3-17-9-12(13(14)15-17)20(18,19)16-10(2)11-7-5-4-6-8-11/h9-11,16H,3-8H2,1-2H3,(H2,14,15). The van der Waals surface area contributed by atoms with E-state index in [2.05, 4.69) is 9.82 Å². The van der Waals surface area contributed by atoms with Gasteiger partial charge in [0.05, 0.1) is 0 Å². The Balaban J connectivity index is 2.11. The number of anilines is 1. The molecule has 2 rings (SSSR count). The average molecular weight is 300 g/mol. The number of aryl methyl sites for hydroxylation is 1. The highest BCUT2D eigenvalue weighted by molar-refractivity contribution is 7.89. The third-order valence-electron chi connectivity index (χ3n) is 4.07. The maximum atomic E-state index is 12.4. The summed E-state index contributed by atoms with van der Waals surface area (Å²) in [5.74, 6) is 0.483. The minimum atomic E-state index is -3.59. The van der Waals surface area contributed by atoms with Crippen molar-refractivity contribution in [2.45, 2.75) is 63.4 Å². The normalized spacial score (nSPS) is 19.1. The second-order valence-electron chi connectivity index (χ2n) is 5.54. The Labute approximate surface area is 120 Å². The van der Waals surface area contributed by atoms with E-state index in [-0.39, 0.29) is 16.8 Å². The van der Waals surface area contributed by atoms with Crippen molar-refractivity contribution in [3.8, 4) is 0 Å². The van der Waals surface area contributed by atoms with Gasteiger partial charge in [-0.25, -0.2) is 13.1 Å². The van der Waals surface area contributed by atoms with Crippen LogP contribution in [0.15, 0.2) is 11.1 Å². The molecule has 1 unspecified atom stereocenters. The van der Waals surface area contributed by atoms with Gasteiger partial charge in [0.25, 0.3) is 0 Å². The van der Waals surface area contributed by atoms with Gasteiger partial charge < -0.3 is 5.73 Å². The zero-order valence-electron chi connectivity index (χ0n) is 12.2. The van der Waals surface area contributed by atoms with Gasteiger partial charge in [0.1, 0.15) is 4.90 Å². The van der Waals surface area contributed by atoms with Crippen LogP contribution < -0.4 is 10.5 Å². The van der Waals surface area contributed by atoms with Crippen LogP contribution in [0.3, 0.4) is 0 Å². The Morgan fingerprint density at radius 1 is 1.45 bits per heavy atom. The predicted octanol–water partition coefficient (Wildman–Crippen LogP) is 1.73. The van der Waals surface area contributed by atoms with Crippen LogP contribution in [0.2, 0.25) is 0 Å². The summed E-state index contributed by atoms with van der Waals surface area (Å²) in [5, 5.41) is 3.99. The van der Waals surface area contributed by atoms with E-state index in [0.717, 1.165) is 12.8 Å². The first-order valence-electron chi connectivity index (χ1n) is 7.29. The summed E-state index contributed by atoms with van der Waals surface area (Å²) in [6.07, 6.45) is 7.30. The molecule has 1 fully saturated rings. The van der Waals surface area contributed by atoms with Gasteiger partial charge in [-0.1, -0.05) is 19.3 Å². The van der Waals surface area contributed by atoms with Gasteiger partial charge in [-0.05, 0) is 32.6 Å². The summed E-state index contributed by atoms with van der Waals surface area (Å²) >= 11 is 0. The molecule has 0 bridgehead atoms. The molecule has 1 saturated carbocycles. The van der Waals surface area contributed by atoms with Crippen LogP contribution in [-0.4, -0.2) is 24.2 Å². The molecule has 1 aliphatic carbocycles. The molecular weight excluding hydrogens is 276 g/mol. The average Bonchev–Trinajstić information content (AvgIpc) is 2.81. The molecular formula is C13H24N4O2S. The number of nitrogens with zero attached hydrogens (tertiary/aromatic N) is 2. The molecule has 0 aliphatic heterocycles. The van der Waals surface area contributed by atoms with Crippen LogP contribution in [0.4, 0.5) is 5.82 Å². The van der Waals surface area contributed by atoms with E-state index in [4.69, 9.17) is 5.73 Å². The fourth-order valence-corrected chi connectivity index (χ4v) is 4.21. The SMILES string of the molecule is CCn1cc(S(=O)(=O)NC(C)C2CCCCC2)c(N)n1. The Hall–Kier alpha value is -1.08. The lowest BCUT2D eigenvalue weighted by Gasteiger charge is -2.27. The third kappa shape index (κ3) is 3.32. The van der Waals surface area contributed by atoms with Crippen molar-refractivity contribution in [1.29, 1.82) is 0 Å². The lowest BCUT2D eigenvalue weighted by molar-refractivity contribution is 0.303. The maximum absolute atomic E-state index is 12.4. The summed E-state index contributed by atoms with van der Waals surface area (Å²) in [6.45, 7) is 4.42. The lowest BCUT2D eigenvalue weighted by Crippen LogP contribution is -2.38. The summed E-state index contributed by atoms with van der Waals surface area (Å²) in [6, 6.07) is -0.0651. The quantitative estimate of drug-likeness (QED) is 0.866. The van der Waals surface area contributed by atoms with Crippen molar-refractivity contribution in [1.82, 2.24) is 14.5 Å². The van der Waals surface area contributed by atoms with Gasteiger partial charge >= 0.3 is 0 Å². The number of nitrogens with two attached hydrogens (primary N) is 1. The Morgan fingerprint density at radius 2 is 2.10 bits per heavy atom. The third-order valence-corrected chi connectivity index (χ3v) is 5.64. The van der Waals surface area contributed by atoms with Crippen molar-refractivity contribution < 1.29 is 8.42 Å². The summed E-state index contributed by atoms with van der Waals surface area (Å²) in [4.78, 5) is 0.0852. The van der Waals surface area contributed by atoms with E-state index in [0.29, 0.717) is 12.5 Å². The molecule has 1 aromatic rings. The van der Waals surface area contributed by atoms with E-state index >= 15 is 0 Å². The van der Waals surface area contributed by atoms with Gasteiger partial charge in [-0.3, -0.25) is 4.68 Å². The zero-order valence-corrected chi connectivity index (χ0v) is 13.0. The lowest BCUT2D eigenvalue weighted by atomic mass is 9.85. The van der Waals surface area contributed by atoms with Gasteiger partial charge in [0.2, 0.25) is 10.0 Å². The molecule has 0 saturated heterocycles. The highest BCUT2D eigenvalue weighted by Gasteiger charge is 2.27. The summed E-state index contributed by atoms with van der Waals surface area (Å²) in [5.41, 5.74) is 5.71. The second kappa shape index (κ2) is 6.13. The molecule has 6 nitrogen and oxygen atoms in total. The molecule has 1 aliphatic rings. The molecule has 7 heteroatoms. The van der Waals surface area contributed by atoms with Crippen LogP contribution in [0, 0.1) is 5.92 Å². The monoisotopic (exact) mass is 300 g/mol. The van der Waals surface area contributed by atoms with Crippen LogP contribution in [0.25, 0.3) is 0 Å². The summed E-state index contributed by atoms with van der Waals surface area (Å²) in [7, 11) is -3.59. The minimum Gasteiger partial charge on any atom is -0.381 e. The second-order valence-corrected chi connectivity index (χ2v) is 7.22. The molecule has 1 heterocycles. The smallest absolute Gasteiger partial charge is 0.246 e. The predicted molar refractivity (Wildman–Crippen MR) is 78.7 cm³/mol. The van der Waals surface area contributed by atoms with E-state index < -0.39 is 10.0 Å². The number of rotatable bonds is 5. The van der Waals surface area contributed by atoms with Crippen LogP contribution in [0.5, 0.6) is 0 Å². The van der Waals surface area contributed by atoms with Crippen molar-refractivity contribution in [3.63, 3.8) is 0 Å². The Morgan fingerprint density at radius 3 is 2.65 bits per heavy atom. The van der Waals surface area contributed by atoms with Crippen molar-refractivity contribution in [2.24, 2.45) is 5.92 Å². The molecule has 20 heavy (non-hydrogen) atoms. The number of hydrogen-bond acceptors (Lipinski definition) is 4. The highest BCUT2D eigenvalue weighted by atomic mass is 32.2. The van der Waals surface area contributed by atoms with E-state index in [9.17, 15) is 8.42 Å². The number of nitrogens with one attached hydrogen (secondary N) is 1. The molecule has 1 aromatic heterocycles. The number of sulfonamides is 1. The number of hydrogen-bond donors (Lipinski definition) is 2. The van der Waals surface area contributed by atoms with Crippen molar-refractivity contribution in [2.75, 3.05) is 5.73 Å². The molecule has 0 amide bonds. The van der Waals surface area contributed by atoms with E-state index in [1.54, 1.807) is 0 Å². The number of aromatic nitrogens is 2. The highest BCUT2D eigenvalue weighted by Crippen LogP contribution is 2.27. The molecule has 0 radical (unpaired) electrons. The number of nitrogen functional groups attached to an aromatic ring is 1. The van der Waals surface area contributed by atoms with Gasteiger partial charge in [0, 0.05) is 18.8 Å². The maximum Gasteiger partial charge on any atom is 0.246 e. The fraction of sp³-hybridized carbons (Fsp3) is 0.769. The van der Waals surface area contributed by atoms with Crippen molar-refractivity contribution in [3.05, 3.63) is 6.20 Å². The zero-order chi connectivity index (χ0) is 14.8. The molecule has 1 atom stereocenters. The van der Waals surface area contributed by atoms with E-state index in [1.807, 2.05) is 13.8 Å². The Bertz CT molecular complexity index is 547. The first kappa shape index (κ1) is 15.3. The summed E-state index contributed by atoms with van der Waals surface area (Å²) < 4.78 is 29.1. The largest absolute Gasteiger partial charge is 0.381 e. The van der Waals surface area contributed by atoms with Crippen LogP contribution in [-0.2, 0) is 16.6 Å². The minimum absolute atomic E-state index is 0.0650. The Kier molecular flexibility index (Phi) is 4.70. The van der Waals surface area contributed by atoms with Gasteiger partial charge in [-0.15, -0.1) is 0 Å². The topological polar surface area (TPSA) is 90.0 Å².